The fraction of sp³-hybridized carbons (Fsp3) is 0.261. The second-order valence-corrected chi connectivity index (χ2v) is 8.30. The molecule has 0 fully saturated rings. The van der Waals surface area contributed by atoms with Crippen LogP contribution in [-0.4, -0.2) is 42.3 Å². The summed E-state index contributed by atoms with van der Waals surface area (Å²) in [7, 11) is 4.62. The Kier molecular flexibility index (Phi) is 6.83. The second kappa shape index (κ2) is 9.82. The van der Waals surface area contributed by atoms with Crippen molar-refractivity contribution >= 4 is 22.4 Å². The highest BCUT2D eigenvalue weighted by Gasteiger charge is 2.30. The van der Waals surface area contributed by atoms with E-state index < -0.39 is 6.36 Å². The van der Waals surface area contributed by atoms with Gasteiger partial charge in [-0.2, -0.15) is 4.52 Å². The molecule has 0 unspecified atom stereocenters. The molecule has 4 rings (SSSR count). The van der Waals surface area contributed by atoms with Crippen LogP contribution in [0.3, 0.4) is 0 Å². The van der Waals surface area contributed by atoms with E-state index in [1.54, 1.807) is 20.3 Å². The summed E-state index contributed by atoms with van der Waals surface area (Å²) in [5, 5.41) is 4.31. The molecule has 4 aromatic rings. The highest BCUT2D eigenvalue weighted by atomic mass is 32.1. The molecule has 8 nitrogen and oxygen atoms in total. The smallest absolute Gasteiger partial charge is 0.493 e. The van der Waals surface area contributed by atoms with Crippen LogP contribution < -0.4 is 29.0 Å². The molecule has 0 saturated carbocycles. The van der Waals surface area contributed by atoms with E-state index in [4.69, 9.17) is 14.2 Å². The van der Waals surface area contributed by atoms with E-state index in [1.807, 2.05) is 12.1 Å². The molecule has 0 aliphatic carbocycles. The Morgan fingerprint density at radius 2 is 1.66 bits per heavy atom. The number of thiazole rings is 1. The lowest BCUT2D eigenvalue weighted by atomic mass is 10.1. The zero-order valence-electron chi connectivity index (χ0n) is 18.9. The first kappa shape index (κ1) is 24.3. The van der Waals surface area contributed by atoms with Gasteiger partial charge in [-0.3, -0.25) is 4.79 Å². The van der Waals surface area contributed by atoms with Gasteiger partial charge >= 0.3 is 6.36 Å². The third-order valence-electron chi connectivity index (χ3n) is 5.00. The van der Waals surface area contributed by atoms with E-state index in [2.05, 4.69) is 14.8 Å². The lowest BCUT2D eigenvalue weighted by molar-refractivity contribution is -0.274. The van der Waals surface area contributed by atoms with Crippen LogP contribution in [0.2, 0.25) is 0 Å². The summed E-state index contributed by atoms with van der Waals surface area (Å²) in [5.41, 5.74) is 1.11. The minimum Gasteiger partial charge on any atom is -0.493 e. The summed E-state index contributed by atoms with van der Waals surface area (Å²) in [6, 6.07) is 8.91. The summed E-state index contributed by atoms with van der Waals surface area (Å²) in [4.78, 5) is 17.6. The Labute approximate surface area is 201 Å². The summed E-state index contributed by atoms with van der Waals surface area (Å²) < 4.78 is 58.4. The van der Waals surface area contributed by atoms with E-state index >= 15 is 0 Å². The number of hydrogen-bond donors (Lipinski definition) is 0. The molecule has 0 amide bonds. The molecule has 0 bridgehead atoms. The standard InChI is InChI=1S/C23H20F3N3O5S/c1-31-16-10-14(11-17(32-2)20(16)33-3)6-9-19-27-22-29(28-19)21(30)18(35-22)12-13-4-7-15(8-5-13)34-23(24,25)26/h4-5,7-8,10-12H,6,9H2,1-3H3/b18-12-. The third kappa shape index (κ3) is 5.48. The van der Waals surface area contributed by atoms with Gasteiger partial charge in [-0.05, 0) is 47.9 Å². The van der Waals surface area contributed by atoms with Gasteiger partial charge in [0.05, 0.1) is 25.9 Å². The van der Waals surface area contributed by atoms with Crippen molar-refractivity contribution in [3.8, 4) is 23.0 Å². The van der Waals surface area contributed by atoms with Crippen LogP contribution in [0.25, 0.3) is 11.0 Å². The Hall–Kier alpha value is -3.80. The maximum absolute atomic E-state index is 12.7. The number of rotatable bonds is 8. The van der Waals surface area contributed by atoms with Gasteiger partial charge in [-0.15, -0.1) is 18.3 Å². The number of halogens is 3. The van der Waals surface area contributed by atoms with Crippen molar-refractivity contribution in [2.75, 3.05) is 21.3 Å². The van der Waals surface area contributed by atoms with Crippen molar-refractivity contribution < 1.29 is 32.1 Å². The molecular formula is C23H20F3N3O5S. The van der Waals surface area contributed by atoms with Crippen LogP contribution in [0.5, 0.6) is 23.0 Å². The zero-order valence-corrected chi connectivity index (χ0v) is 19.7. The van der Waals surface area contributed by atoms with Crippen molar-refractivity contribution in [3.05, 3.63) is 68.2 Å². The average Bonchev–Trinajstić information content (AvgIpc) is 3.35. The van der Waals surface area contributed by atoms with E-state index in [0.29, 0.717) is 51.0 Å². The molecule has 0 saturated heterocycles. The monoisotopic (exact) mass is 507 g/mol. The quantitative estimate of drug-likeness (QED) is 0.362. The molecule has 2 heterocycles. The number of hydrogen-bond acceptors (Lipinski definition) is 8. The minimum atomic E-state index is -4.76. The lowest BCUT2D eigenvalue weighted by Crippen LogP contribution is -2.23. The Balaban J connectivity index is 1.52. The van der Waals surface area contributed by atoms with Crippen LogP contribution >= 0.6 is 11.3 Å². The number of aryl methyl sites for hydroxylation is 2. The minimum absolute atomic E-state index is 0.337. The first-order valence-electron chi connectivity index (χ1n) is 10.3. The molecule has 0 N–H and O–H groups in total. The normalized spacial score (nSPS) is 12.2. The number of methoxy groups -OCH3 is 3. The van der Waals surface area contributed by atoms with E-state index in [-0.39, 0.29) is 11.3 Å². The largest absolute Gasteiger partial charge is 0.573 e. The van der Waals surface area contributed by atoms with E-state index in [9.17, 15) is 18.0 Å². The number of nitrogens with zero attached hydrogens (tertiary/aromatic N) is 3. The van der Waals surface area contributed by atoms with Crippen molar-refractivity contribution in [3.63, 3.8) is 0 Å². The highest BCUT2D eigenvalue weighted by Crippen LogP contribution is 2.38. The molecule has 184 valence electrons. The van der Waals surface area contributed by atoms with Gasteiger partial charge in [-0.25, -0.2) is 4.98 Å². The Bertz CT molecular complexity index is 1420. The van der Waals surface area contributed by atoms with Gasteiger partial charge in [0, 0.05) is 6.42 Å². The molecule has 0 aliphatic rings. The topological polar surface area (TPSA) is 84.2 Å². The molecule has 12 heteroatoms. The van der Waals surface area contributed by atoms with E-state index in [1.165, 1.54) is 35.9 Å². The molecule has 0 spiro atoms. The lowest BCUT2D eigenvalue weighted by Gasteiger charge is -2.13. The van der Waals surface area contributed by atoms with Crippen LogP contribution in [0, 0.1) is 0 Å². The highest BCUT2D eigenvalue weighted by molar-refractivity contribution is 7.15. The number of alkyl halides is 3. The predicted octanol–water partition coefficient (Wildman–Crippen LogP) is 3.41. The molecular weight excluding hydrogens is 487 g/mol. The van der Waals surface area contributed by atoms with E-state index in [0.717, 1.165) is 16.9 Å². The fourth-order valence-electron chi connectivity index (χ4n) is 3.43. The van der Waals surface area contributed by atoms with Crippen LogP contribution in [0.4, 0.5) is 13.2 Å². The summed E-state index contributed by atoms with van der Waals surface area (Å²) >= 11 is 1.15. The third-order valence-corrected chi connectivity index (χ3v) is 5.96. The van der Waals surface area contributed by atoms with Crippen molar-refractivity contribution in [1.82, 2.24) is 14.6 Å². The summed E-state index contributed by atoms with van der Waals surface area (Å²) in [5.74, 6) is 1.75. The van der Waals surface area contributed by atoms with Crippen molar-refractivity contribution in [2.24, 2.45) is 0 Å². The molecule has 2 aromatic carbocycles. The van der Waals surface area contributed by atoms with Gasteiger partial charge < -0.3 is 18.9 Å². The van der Waals surface area contributed by atoms with Gasteiger partial charge in [0.2, 0.25) is 10.7 Å². The van der Waals surface area contributed by atoms with Gasteiger partial charge in [0.15, 0.2) is 17.3 Å². The first-order chi connectivity index (χ1) is 16.7. The van der Waals surface area contributed by atoms with Gasteiger partial charge in [-0.1, -0.05) is 23.5 Å². The van der Waals surface area contributed by atoms with Gasteiger partial charge in [0.25, 0.3) is 5.56 Å². The Morgan fingerprint density at radius 3 is 2.20 bits per heavy atom. The maximum Gasteiger partial charge on any atom is 0.573 e. The van der Waals surface area contributed by atoms with Crippen LogP contribution in [0.15, 0.2) is 41.2 Å². The zero-order chi connectivity index (χ0) is 25.2. The number of fused-ring (bicyclic) bond motifs is 1. The average molecular weight is 507 g/mol. The van der Waals surface area contributed by atoms with Crippen molar-refractivity contribution in [2.45, 2.75) is 19.2 Å². The number of aromatic nitrogens is 3. The van der Waals surface area contributed by atoms with Crippen LogP contribution in [0.1, 0.15) is 17.0 Å². The molecule has 0 radical (unpaired) electrons. The second-order valence-electron chi connectivity index (χ2n) is 7.29. The predicted molar refractivity (Wildman–Crippen MR) is 123 cm³/mol. The van der Waals surface area contributed by atoms with Gasteiger partial charge in [0.1, 0.15) is 5.75 Å². The fourth-order valence-corrected chi connectivity index (χ4v) is 4.36. The SMILES string of the molecule is COc1cc(CCc2nc3s/c(=C\c4ccc(OC(F)(F)F)cc4)c(=O)n3n2)cc(OC)c1OC. The van der Waals surface area contributed by atoms with Crippen LogP contribution in [-0.2, 0) is 12.8 Å². The summed E-state index contributed by atoms with van der Waals surface area (Å²) in [6.45, 7) is 0. The molecule has 2 aromatic heterocycles. The molecule has 0 atom stereocenters. The van der Waals surface area contributed by atoms with Crippen molar-refractivity contribution in [1.29, 1.82) is 0 Å². The number of ether oxygens (including phenoxy) is 4. The maximum atomic E-state index is 12.7. The molecule has 35 heavy (non-hydrogen) atoms. The summed E-state index contributed by atoms with van der Waals surface area (Å²) in [6.07, 6.45) is -2.14. The Morgan fingerprint density at radius 1 is 1.00 bits per heavy atom. The molecule has 0 aliphatic heterocycles. The number of benzene rings is 2. The first-order valence-corrected chi connectivity index (χ1v) is 11.1.